The van der Waals surface area contributed by atoms with E-state index in [0.717, 1.165) is 23.6 Å². The second-order valence-corrected chi connectivity index (χ2v) is 6.58. The maximum atomic E-state index is 5.58. The molecular formula is C15H29N5. The van der Waals surface area contributed by atoms with Gasteiger partial charge in [0, 0.05) is 17.0 Å². The third-order valence-electron chi connectivity index (χ3n) is 3.82. The molecule has 0 amide bonds. The van der Waals surface area contributed by atoms with Crippen molar-refractivity contribution >= 4 is 11.6 Å². The molecule has 0 saturated carbocycles. The monoisotopic (exact) mass is 279 g/mol. The predicted molar refractivity (Wildman–Crippen MR) is 85.8 cm³/mol. The molecule has 0 fully saturated rings. The van der Waals surface area contributed by atoms with Gasteiger partial charge >= 0.3 is 0 Å². The zero-order valence-electron chi connectivity index (χ0n) is 13.8. The van der Waals surface area contributed by atoms with Crippen molar-refractivity contribution in [1.82, 2.24) is 9.97 Å². The van der Waals surface area contributed by atoms with Gasteiger partial charge in [0.1, 0.15) is 17.5 Å². The van der Waals surface area contributed by atoms with Gasteiger partial charge in [-0.2, -0.15) is 0 Å². The van der Waals surface area contributed by atoms with Crippen molar-refractivity contribution in [3.05, 3.63) is 11.4 Å². The summed E-state index contributed by atoms with van der Waals surface area (Å²) in [5, 5.41) is 3.50. The minimum absolute atomic E-state index is 0.116. The highest BCUT2D eigenvalue weighted by Crippen LogP contribution is 2.27. The number of nitrogens with two attached hydrogens (primary N) is 1. The molecule has 0 bridgehead atoms. The fourth-order valence-corrected chi connectivity index (χ4v) is 1.84. The Kier molecular flexibility index (Phi) is 5.34. The highest BCUT2D eigenvalue weighted by Gasteiger charge is 2.22. The number of anilines is 2. The van der Waals surface area contributed by atoms with E-state index in [1.807, 2.05) is 6.92 Å². The fourth-order valence-electron chi connectivity index (χ4n) is 1.84. The maximum absolute atomic E-state index is 5.58. The van der Waals surface area contributed by atoms with Crippen molar-refractivity contribution < 1.29 is 0 Å². The number of nitrogens with one attached hydrogen (secondary N) is 2. The van der Waals surface area contributed by atoms with Crippen molar-refractivity contribution in [2.45, 2.75) is 66.3 Å². The minimum atomic E-state index is -0.116. The first-order valence-electron chi connectivity index (χ1n) is 7.33. The molecule has 0 aliphatic heterocycles. The first-order chi connectivity index (χ1) is 9.20. The molecule has 114 valence electrons. The Labute approximate surface area is 122 Å². The van der Waals surface area contributed by atoms with E-state index in [9.17, 15) is 0 Å². The summed E-state index contributed by atoms with van der Waals surface area (Å²) >= 11 is 0. The second kappa shape index (κ2) is 6.39. The lowest BCUT2D eigenvalue weighted by molar-refractivity contribution is 0.491. The fraction of sp³-hybridized carbons (Fsp3) is 0.733. The van der Waals surface area contributed by atoms with Gasteiger partial charge in [-0.1, -0.05) is 41.0 Å². The van der Waals surface area contributed by atoms with Crippen molar-refractivity contribution in [3.63, 3.8) is 0 Å². The average molecular weight is 279 g/mol. The van der Waals surface area contributed by atoms with Crippen LogP contribution in [0.15, 0.2) is 0 Å². The first kappa shape index (κ1) is 16.7. The number of aromatic nitrogens is 2. The highest BCUT2D eigenvalue weighted by atomic mass is 15.3. The summed E-state index contributed by atoms with van der Waals surface area (Å²) in [5.41, 5.74) is 3.51. The number of hydrogen-bond donors (Lipinski definition) is 3. The molecule has 1 rings (SSSR count). The molecule has 20 heavy (non-hydrogen) atoms. The van der Waals surface area contributed by atoms with Crippen LogP contribution >= 0.6 is 0 Å². The Morgan fingerprint density at radius 2 is 1.70 bits per heavy atom. The van der Waals surface area contributed by atoms with Gasteiger partial charge in [0.2, 0.25) is 0 Å². The summed E-state index contributed by atoms with van der Waals surface area (Å²) in [4.78, 5) is 9.20. The van der Waals surface area contributed by atoms with Crippen molar-refractivity contribution in [2.75, 3.05) is 10.7 Å². The molecule has 0 aliphatic carbocycles. The van der Waals surface area contributed by atoms with E-state index in [0.29, 0.717) is 17.8 Å². The van der Waals surface area contributed by atoms with Crippen molar-refractivity contribution in [2.24, 2.45) is 11.8 Å². The van der Waals surface area contributed by atoms with Gasteiger partial charge in [-0.15, -0.1) is 0 Å². The third kappa shape index (κ3) is 3.82. The van der Waals surface area contributed by atoms with Crippen LogP contribution in [-0.4, -0.2) is 16.0 Å². The lowest BCUT2D eigenvalue weighted by atomic mass is 9.95. The van der Waals surface area contributed by atoms with Crippen LogP contribution in [0.2, 0.25) is 0 Å². The third-order valence-corrected chi connectivity index (χ3v) is 3.82. The van der Waals surface area contributed by atoms with Crippen LogP contribution < -0.4 is 16.6 Å². The lowest BCUT2D eigenvalue weighted by Gasteiger charge is -2.25. The van der Waals surface area contributed by atoms with Crippen molar-refractivity contribution in [3.8, 4) is 0 Å². The normalized spacial score (nSPS) is 14.8. The zero-order valence-corrected chi connectivity index (χ0v) is 13.8. The van der Waals surface area contributed by atoms with Gasteiger partial charge < -0.3 is 10.7 Å². The molecular weight excluding hydrogens is 250 g/mol. The van der Waals surface area contributed by atoms with Gasteiger partial charge in [-0.25, -0.2) is 15.8 Å². The molecule has 5 heteroatoms. The standard InChI is InChI=1S/C15H29N5/c1-8-9(2)11(4)17-12-10(3)13(20-16)19-14(18-12)15(5,6)7/h9,11H,8,16H2,1-7H3,(H2,17,18,19,20). The number of hydrazine groups is 1. The molecule has 4 N–H and O–H groups in total. The minimum Gasteiger partial charge on any atom is -0.367 e. The van der Waals surface area contributed by atoms with Gasteiger partial charge in [-0.3, -0.25) is 0 Å². The van der Waals surface area contributed by atoms with E-state index < -0.39 is 0 Å². The van der Waals surface area contributed by atoms with Gasteiger partial charge in [-0.05, 0) is 19.8 Å². The molecule has 1 heterocycles. The summed E-state index contributed by atoms with van der Waals surface area (Å²) < 4.78 is 0. The molecule has 2 atom stereocenters. The van der Waals surface area contributed by atoms with Crippen LogP contribution in [0.1, 0.15) is 59.4 Å². The molecule has 1 aromatic rings. The average Bonchev–Trinajstić information content (AvgIpc) is 2.38. The van der Waals surface area contributed by atoms with Crippen LogP contribution in [0.25, 0.3) is 0 Å². The predicted octanol–water partition coefficient (Wildman–Crippen LogP) is 3.21. The molecule has 5 nitrogen and oxygen atoms in total. The smallest absolute Gasteiger partial charge is 0.148 e. The van der Waals surface area contributed by atoms with Gasteiger partial charge in [0.15, 0.2) is 0 Å². The lowest BCUT2D eigenvalue weighted by Crippen LogP contribution is -2.27. The largest absolute Gasteiger partial charge is 0.367 e. The Morgan fingerprint density at radius 3 is 2.15 bits per heavy atom. The maximum Gasteiger partial charge on any atom is 0.148 e. The Balaban J connectivity index is 3.17. The summed E-state index contributed by atoms with van der Waals surface area (Å²) in [7, 11) is 0. The quantitative estimate of drug-likeness (QED) is 0.570. The van der Waals surface area contributed by atoms with Crippen LogP contribution in [0.5, 0.6) is 0 Å². The molecule has 0 aromatic carbocycles. The van der Waals surface area contributed by atoms with Crippen LogP contribution in [0.4, 0.5) is 11.6 Å². The molecule has 1 aromatic heterocycles. The SMILES string of the molecule is CCC(C)C(C)Nc1nc(C(C)(C)C)nc(NN)c1C. The Bertz CT molecular complexity index is 450. The van der Waals surface area contributed by atoms with Gasteiger partial charge in [0.05, 0.1) is 0 Å². The molecule has 0 saturated heterocycles. The van der Waals surface area contributed by atoms with Crippen LogP contribution in [0, 0.1) is 12.8 Å². The van der Waals surface area contributed by atoms with E-state index in [1.165, 1.54) is 0 Å². The van der Waals surface area contributed by atoms with E-state index in [4.69, 9.17) is 10.8 Å². The number of hydrogen-bond acceptors (Lipinski definition) is 5. The molecule has 0 radical (unpaired) electrons. The Morgan fingerprint density at radius 1 is 1.15 bits per heavy atom. The summed E-state index contributed by atoms with van der Waals surface area (Å²) in [6, 6.07) is 0.354. The van der Waals surface area contributed by atoms with Crippen molar-refractivity contribution in [1.29, 1.82) is 0 Å². The highest BCUT2D eigenvalue weighted by molar-refractivity contribution is 5.57. The number of nitrogens with zero attached hydrogens (tertiary/aromatic N) is 2. The van der Waals surface area contributed by atoms with Crippen LogP contribution in [-0.2, 0) is 5.41 Å². The molecule has 0 aliphatic rings. The summed E-state index contributed by atoms with van der Waals surface area (Å²) in [6.45, 7) is 14.9. The first-order valence-corrected chi connectivity index (χ1v) is 7.33. The second-order valence-electron chi connectivity index (χ2n) is 6.58. The Hall–Kier alpha value is -1.36. The van der Waals surface area contributed by atoms with E-state index in [1.54, 1.807) is 0 Å². The van der Waals surface area contributed by atoms with E-state index in [2.05, 4.69) is 57.3 Å². The zero-order chi connectivity index (χ0) is 15.5. The molecule has 0 spiro atoms. The number of rotatable bonds is 5. The summed E-state index contributed by atoms with van der Waals surface area (Å²) in [6.07, 6.45) is 1.13. The van der Waals surface area contributed by atoms with E-state index >= 15 is 0 Å². The van der Waals surface area contributed by atoms with E-state index in [-0.39, 0.29) is 5.41 Å². The topological polar surface area (TPSA) is 75.9 Å². The van der Waals surface area contributed by atoms with Gasteiger partial charge in [0.25, 0.3) is 0 Å². The van der Waals surface area contributed by atoms with Crippen LogP contribution in [0.3, 0.4) is 0 Å². The number of nitrogen functional groups attached to an aromatic ring is 1. The molecule has 2 unspecified atom stereocenters. The summed E-state index contributed by atoms with van der Waals surface area (Å²) in [5.74, 6) is 8.50.